The van der Waals surface area contributed by atoms with E-state index in [2.05, 4.69) is 15.4 Å². The third kappa shape index (κ3) is 6.41. The number of hydrogen-bond donors (Lipinski definition) is 3. The fourth-order valence-corrected chi connectivity index (χ4v) is 3.10. The molecule has 2 amide bonds. The molecular formula is C19H23N3O4S. The van der Waals surface area contributed by atoms with Crippen LogP contribution in [0.15, 0.2) is 48.5 Å². The van der Waals surface area contributed by atoms with Crippen molar-refractivity contribution in [3.63, 3.8) is 0 Å². The first-order valence-electron chi connectivity index (χ1n) is 8.36. The van der Waals surface area contributed by atoms with Crippen molar-refractivity contribution < 1.29 is 18.0 Å². The lowest BCUT2D eigenvalue weighted by molar-refractivity contribution is -0.120. The van der Waals surface area contributed by atoms with Crippen LogP contribution in [-0.4, -0.2) is 33.0 Å². The summed E-state index contributed by atoms with van der Waals surface area (Å²) in [5.41, 5.74) is 2.52. The summed E-state index contributed by atoms with van der Waals surface area (Å²) < 4.78 is 25.1. The Labute approximate surface area is 159 Å². The summed E-state index contributed by atoms with van der Waals surface area (Å²) in [6, 6.07) is 13.5. The zero-order valence-corrected chi connectivity index (χ0v) is 16.3. The number of carbonyl (C=O) groups is 2. The van der Waals surface area contributed by atoms with Crippen molar-refractivity contribution in [1.82, 2.24) is 10.6 Å². The highest BCUT2D eigenvalue weighted by Gasteiger charge is 2.13. The maximum absolute atomic E-state index is 12.1. The monoisotopic (exact) mass is 389 g/mol. The Morgan fingerprint density at radius 3 is 2.44 bits per heavy atom. The first kappa shape index (κ1) is 20.4. The Morgan fingerprint density at radius 1 is 1.07 bits per heavy atom. The first-order valence-corrected chi connectivity index (χ1v) is 10.3. The zero-order chi connectivity index (χ0) is 20.0. The molecule has 0 fully saturated rings. The second-order valence-electron chi connectivity index (χ2n) is 6.29. The molecule has 0 aliphatic carbocycles. The van der Waals surface area contributed by atoms with E-state index in [0.717, 1.165) is 17.4 Å². The minimum absolute atomic E-state index is 0.154. The third-order valence-corrected chi connectivity index (χ3v) is 4.47. The number of carbonyl (C=O) groups excluding carboxylic acids is 2. The van der Waals surface area contributed by atoms with E-state index in [4.69, 9.17) is 0 Å². The van der Waals surface area contributed by atoms with E-state index in [0.29, 0.717) is 11.3 Å². The molecule has 0 aromatic heterocycles. The van der Waals surface area contributed by atoms with Gasteiger partial charge < -0.3 is 10.6 Å². The Bertz CT molecular complexity index is 941. The lowest BCUT2D eigenvalue weighted by atomic mass is 10.1. The maximum Gasteiger partial charge on any atom is 0.251 e. The van der Waals surface area contributed by atoms with Crippen LogP contribution in [-0.2, 0) is 14.8 Å². The second-order valence-corrected chi connectivity index (χ2v) is 8.03. The zero-order valence-electron chi connectivity index (χ0n) is 15.4. The quantitative estimate of drug-likeness (QED) is 0.673. The van der Waals surface area contributed by atoms with Crippen LogP contribution < -0.4 is 15.4 Å². The van der Waals surface area contributed by atoms with E-state index in [-0.39, 0.29) is 24.4 Å². The first-order chi connectivity index (χ1) is 12.7. The predicted octanol–water partition coefficient (Wildman–Crippen LogP) is 1.97. The molecule has 8 heteroatoms. The Hall–Kier alpha value is -2.87. The molecule has 0 aliphatic rings. The van der Waals surface area contributed by atoms with Crippen molar-refractivity contribution >= 4 is 27.5 Å². The highest BCUT2D eigenvalue weighted by Crippen LogP contribution is 2.18. The van der Waals surface area contributed by atoms with Gasteiger partial charge in [0.2, 0.25) is 15.9 Å². The van der Waals surface area contributed by atoms with Crippen LogP contribution in [0.5, 0.6) is 0 Å². The molecule has 0 saturated carbocycles. The fraction of sp³-hybridized carbons (Fsp3) is 0.263. The second kappa shape index (κ2) is 8.68. The van der Waals surface area contributed by atoms with Crippen LogP contribution in [0.1, 0.15) is 34.5 Å². The van der Waals surface area contributed by atoms with Gasteiger partial charge in [0.05, 0.1) is 18.8 Å². The molecule has 0 bridgehead atoms. The molecule has 27 heavy (non-hydrogen) atoms. The van der Waals surface area contributed by atoms with Gasteiger partial charge in [-0.3, -0.25) is 14.3 Å². The van der Waals surface area contributed by atoms with Gasteiger partial charge in [-0.15, -0.1) is 0 Å². The summed E-state index contributed by atoms with van der Waals surface area (Å²) in [5.74, 6) is -0.652. The fourth-order valence-electron chi connectivity index (χ4n) is 2.54. The molecule has 0 spiro atoms. The summed E-state index contributed by atoms with van der Waals surface area (Å²) in [7, 11) is -3.38. The molecule has 1 atom stereocenters. The number of nitrogens with one attached hydrogen (secondary N) is 3. The van der Waals surface area contributed by atoms with Crippen molar-refractivity contribution in [3.05, 3.63) is 65.2 Å². The average Bonchev–Trinajstić information content (AvgIpc) is 2.59. The summed E-state index contributed by atoms with van der Waals surface area (Å²) in [5, 5.41) is 5.37. The minimum atomic E-state index is -3.38. The predicted molar refractivity (Wildman–Crippen MR) is 105 cm³/mol. The topological polar surface area (TPSA) is 104 Å². The highest BCUT2D eigenvalue weighted by atomic mass is 32.2. The number of aryl methyl sites for hydroxylation is 1. The molecule has 2 rings (SSSR count). The molecule has 7 nitrogen and oxygen atoms in total. The number of hydrogen-bond acceptors (Lipinski definition) is 4. The number of benzene rings is 2. The summed E-state index contributed by atoms with van der Waals surface area (Å²) in [4.78, 5) is 24.3. The molecule has 0 aliphatic heterocycles. The van der Waals surface area contributed by atoms with E-state index in [1.54, 1.807) is 43.3 Å². The average molecular weight is 389 g/mol. The minimum Gasteiger partial charge on any atom is -0.348 e. The molecule has 2 aromatic rings. The normalized spacial score (nSPS) is 12.1. The van der Waals surface area contributed by atoms with E-state index >= 15 is 0 Å². The number of amides is 2. The number of rotatable bonds is 7. The smallest absolute Gasteiger partial charge is 0.251 e. The van der Waals surface area contributed by atoms with Gasteiger partial charge in [-0.1, -0.05) is 30.3 Å². The van der Waals surface area contributed by atoms with E-state index < -0.39 is 10.0 Å². The molecule has 0 heterocycles. The van der Waals surface area contributed by atoms with Crippen molar-refractivity contribution in [1.29, 1.82) is 0 Å². The number of anilines is 1. The van der Waals surface area contributed by atoms with Crippen LogP contribution in [0.4, 0.5) is 5.69 Å². The van der Waals surface area contributed by atoms with Crippen molar-refractivity contribution in [2.75, 3.05) is 17.5 Å². The standard InChI is InChI=1S/C19H23N3O4S/c1-13-7-4-5-10-17(13)19(24)20-12-18(23)21-14(2)15-8-6-9-16(11-15)22-27(3,25)26/h4-11,14,22H,12H2,1-3H3,(H,20,24)(H,21,23). The summed E-state index contributed by atoms with van der Waals surface area (Å²) in [6.07, 6.45) is 1.07. The van der Waals surface area contributed by atoms with Gasteiger partial charge in [0.1, 0.15) is 0 Å². The lowest BCUT2D eigenvalue weighted by Crippen LogP contribution is -2.38. The van der Waals surface area contributed by atoms with E-state index in [1.807, 2.05) is 19.1 Å². The maximum atomic E-state index is 12.1. The Morgan fingerprint density at radius 2 is 1.78 bits per heavy atom. The molecule has 144 valence electrons. The van der Waals surface area contributed by atoms with Crippen LogP contribution in [0.3, 0.4) is 0 Å². The largest absolute Gasteiger partial charge is 0.348 e. The molecule has 0 saturated heterocycles. The van der Waals surface area contributed by atoms with Crippen molar-refractivity contribution in [2.24, 2.45) is 0 Å². The number of sulfonamides is 1. The van der Waals surface area contributed by atoms with Crippen molar-refractivity contribution in [3.8, 4) is 0 Å². The highest BCUT2D eigenvalue weighted by molar-refractivity contribution is 7.92. The summed E-state index contributed by atoms with van der Waals surface area (Å²) >= 11 is 0. The molecule has 0 radical (unpaired) electrons. The van der Waals surface area contributed by atoms with Crippen LogP contribution >= 0.6 is 0 Å². The van der Waals surface area contributed by atoms with Crippen molar-refractivity contribution in [2.45, 2.75) is 19.9 Å². The SMILES string of the molecule is Cc1ccccc1C(=O)NCC(=O)NC(C)c1cccc(NS(C)(=O)=O)c1. The summed E-state index contributed by atoms with van der Waals surface area (Å²) in [6.45, 7) is 3.45. The van der Waals surface area contributed by atoms with E-state index in [1.165, 1.54) is 0 Å². The van der Waals surface area contributed by atoms with E-state index in [9.17, 15) is 18.0 Å². The molecule has 1 unspecified atom stereocenters. The van der Waals surface area contributed by atoms with Gasteiger partial charge >= 0.3 is 0 Å². The Kier molecular flexibility index (Phi) is 6.57. The van der Waals surface area contributed by atoms with Gasteiger partial charge in [0.25, 0.3) is 5.91 Å². The third-order valence-electron chi connectivity index (χ3n) is 3.87. The Balaban J connectivity index is 1.93. The van der Waals surface area contributed by atoms with Crippen LogP contribution in [0, 0.1) is 6.92 Å². The van der Waals surface area contributed by atoms with Crippen LogP contribution in [0.2, 0.25) is 0 Å². The van der Waals surface area contributed by atoms with Crippen LogP contribution in [0.25, 0.3) is 0 Å². The van der Waals surface area contributed by atoms with Gasteiger partial charge in [-0.05, 0) is 43.2 Å². The van der Waals surface area contributed by atoms with Gasteiger partial charge in [-0.2, -0.15) is 0 Å². The lowest BCUT2D eigenvalue weighted by Gasteiger charge is -2.16. The van der Waals surface area contributed by atoms with Gasteiger partial charge in [-0.25, -0.2) is 8.42 Å². The molecule has 3 N–H and O–H groups in total. The van der Waals surface area contributed by atoms with Gasteiger partial charge in [0, 0.05) is 11.3 Å². The molecular weight excluding hydrogens is 366 g/mol. The molecule has 2 aromatic carbocycles. The van der Waals surface area contributed by atoms with Gasteiger partial charge in [0.15, 0.2) is 0 Å².